The van der Waals surface area contributed by atoms with Crippen molar-refractivity contribution in [3.8, 4) is 39.3 Å². The van der Waals surface area contributed by atoms with E-state index >= 15 is 0 Å². The van der Waals surface area contributed by atoms with Gasteiger partial charge >= 0.3 is 0 Å². The van der Waals surface area contributed by atoms with Crippen molar-refractivity contribution in [3.63, 3.8) is 0 Å². The number of hydrogen-bond donors (Lipinski definition) is 0. The third kappa shape index (κ3) is 5.52. The number of aryl methyl sites for hydroxylation is 1. The van der Waals surface area contributed by atoms with Crippen molar-refractivity contribution < 1.29 is 0 Å². The normalized spacial score (nSPS) is 19.4. The van der Waals surface area contributed by atoms with Crippen LogP contribution in [0.15, 0.2) is 194 Å². The minimum absolute atomic E-state index is 0.318. The molecular formula is C52H40N4. The number of rotatable bonds is 6. The first-order valence-corrected chi connectivity index (χ1v) is 19.8. The molecule has 0 saturated carbocycles. The van der Waals surface area contributed by atoms with Gasteiger partial charge in [-0.1, -0.05) is 127 Å². The zero-order chi connectivity index (χ0) is 37.0. The van der Waals surface area contributed by atoms with Gasteiger partial charge in [-0.3, -0.25) is 4.57 Å². The van der Waals surface area contributed by atoms with Crippen LogP contribution in [-0.2, 0) is 6.42 Å². The van der Waals surface area contributed by atoms with Gasteiger partial charge in [0.15, 0.2) is 0 Å². The molecule has 3 unspecified atom stereocenters. The molecule has 2 aromatic heterocycles. The highest BCUT2D eigenvalue weighted by atomic mass is 15.2. The quantitative estimate of drug-likeness (QED) is 0.172. The minimum atomic E-state index is 0.318. The molecule has 0 radical (unpaired) electrons. The molecule has 268 valence electrons. The first kappa shape index (κ1) is 32.6. The zero-order valence-corrected chi connectivity index (χ0v) is 31.0. The molecule has 0 fully saturated rings. The summed E-state index contributed by atoms with van der Waals surface area (Å²) < 4.78 is 2.26. The fourth-order valence-corrected chi connectivity index (χ4v) is 9.39. The van der Waals surface area contributed by atoms with Crippen molar-refractivity contribution in [3.05, 3.63) is 210 Å². The molecule has 0 amide bonds. The van der Waals surface area contributed by atoms with E-state index in [1.54, 1.807) is 0 Å². The molecule has 4 aliphatic rings. The number of fused-ring (bicyclic) bond motifs is 5. The summed E-state index contributed by atoms with van der Waals surface area (Å²) in [4.78, 5) is 12.6. The number of hydrogen-bond acceptors (Lipinski definition) is 3. The summed E-state index contributed by atoms with van der Waals surface area (Å²) in [6.07, 6.45) is 25.6. The summed E-state index contributed by atoms with van der Waals surface area (Å²) in [6.45, 7) is 0. The van der Waals surface area contributed by atoms with Crippen molar-refractivity contribution in [2.45, 2.75) is 31.2 Å². The molecule has 7 aromatic rings. The van der Waals surface area contributed by atoms with Gasteiger partial charge in [0.2, 0.25) is 5.95 Å². The number of anilines is 1. The van der Waals surface area contributed by atoms with Crippen molar-refractivity contribution in [1.82, 2.24) is 14.5 Å². The molecule has 3 atom stereocenters. The topological polar surface area (TPSA) is 34.0 Å². The van der Waals surface area contributed by atoms with E-state index in [0.717, 1.165) is 35.9 Å². The van der Waals surface area contributed by atoms with Crippen LogP contribution >= 0.6 is 0 Å². The lowest BCUT2D eigenvalue weighted by Crippen LogP contribution is -2.32. The predicted molar refractivity (Wildman–Crippen MR) is 231 cm³/mol. The van der Waals surface area contributed by atoms with Crippen LogP contribution in [0.25, 0.3) is 56.3 Å². The average molecular weight is 721 g/mol. The van der Waals surface area contributed by atoms with E-state index in [1.165, 1.54) is 61.4 Å². The molecule has 0 spiro atoms. The molecule has 11 rings (SSSR count). The number of allylic oxidation sites excluding steroid dienone is 5. The van der Waals surface area contributed by atoms with Crippen LogP contribution in [0.4, 0.5) is 5.69 Å². The molecule has 0 bridgehead atoms. The first-order valence-electron chi connectivity index (χ1n) is 19.8. The smallest absolute Gasteiger partial charge is 0.234 e. The summed E-state index contributed by atoms with van der Waals surface area (Å²) in [5.41, 5.74) is 16.1. The summed E-state index contributed by atoms with van der Waals surface area (Å²) in [6, 6.07) is 46.2. The van der Waals surface area contributed by atoms with Gasteiger partial charge in [0, 0.05) is 46.6 Å². The van der Waals surface area contributed by atoms with Crippen molar-refractivity contribution >= 4 is 22.7 Å². The van der Waals surface area contributed by atoms with E-state index in [9.17, 15) is 0 Å². The van der Waals surface area contributed by atoms with Crippen molar-refractivity contribution in [1.29, 1.82) is 0 Å². The Kier molecular flexibility index (Phi) is 7.87. The van der Waals surface area contributed by atoms with Gasteiger partial charge in [-0.25, -0.2) is 9.97 Å². The monoisotopic (exact) mass is 720 g/mol. The molecule has 0 saturated heterocycles. The molecule has 5 aromatic carbocycles. The van der Waals surface area contributed by atoms with Gasteiger partial charge in [-0.2, -0.15) is 0 Å². The van der Waals surface area contributed by atoms with Gasteiger partial charge in [0.1, 0.15) is 0 Å². The second-order valence-electron chi connectivity index (χ2n) is 15.3. The Bertz CT molecular complexity index is 2780. The fraction of sp³-hybridized carbons (Fsp3) is 0.115. The highest BCUT2D eigenvalue weighted by molar-refractivity contribution is 5.91. The van der Waals surface area contributed by atoms with Gasteiger partial charge in [0.25, 0.3) is 0 Å². The van der Waals surface area contributed by atoms with E-state index in [-0.39, 0.29) is 0 Å². The van der Waals surface area contributed by atoms with E-state index < -0.39 is 0 Å². The molecule has 3 heterocycles. The maximum absolute atomic E-state index is 5.02. The lowest BCUT2D eigenvalue weighted by molar-refractivity contribution is 0.644. The fourth-order valence-electron chi connectivity index (χ4n) is 9.39. The molecule has 0 N–H and O–H groups in total. The van der Waals surface area contributed by atoms with Crippen LogP contribution in [0.2, 0.25) is 0 Å². The lowest BCUT2D eigenvalue weighted by Gasteiger charge is -2.30. The van der Waals surface area contributed by atoms with Crippen LogP contribution in [0.3, 0.4) is 0 Å². The highest BCUT2D eigenvalue weighted by Crippen LogP contribution is 2.48. The van der Waals surface area contributed by atoms with Crippen LogP contribution in [0.5, 0.6) is 0 Å². The summed E-state index contributed by atoms with van der Waals surface area (Å²) >= 11 is 0. The molecule has 3 aliphatic carbocycles. The number of aromatic nitrogens is 3. The Morgan fingerprint density at radius 3 is 2.04 bits per heavy atom. The molecule has 56 heavy (non-hydrogen) atoms. The van der Waals surface area contributed by atoms with E-state index in [1.807, 2.05) is 12.4 Å². The SMILES string of the molecule is C1=CC2C3=C(C=CC(c4ccc5c(c4)c4c(n5-c5ncc(-c6cccc(-c7cccc(-c8ccccc8)c7)c6)cn5)C=CCC4)C3)N(c3ccccc3)C2C=C1. The van der Waals surface area contributed by atoms with Crippen molar-refractivity contribution in [2.75, 3.05) is 4.90 Å². The number of para-hydroxylation sites is 1. The molecule has 4 nitrogen and oxygen atoms in total. The highest BCUT2D eigenvalue weighted by Gasteiger charge is 2.40. The Hall–Kier alpha value is -6.78. The molecule has 1 aliphatic heterocycles. The van der Waals surface area contributed by atoms with Gasteiger partial charge in [-0.15, -0.1) is 0 Å². The maximum atomic E-state index is 5.02. The largest absolute Gasteiger partial charge is 0.334 e. The molecule has 4 heteroatoms. The Balaban J connectivity index is 0.902. The third-order valence-corrected chi connectivity index (χ3v) is 12.1. The summed E-state index contributed by atoms with van der Waals surface area (Å²) in [7, 11) is 0. The Morgan fingerprint density at radius 1 is 0.589 bits per heavy atom. The van der Waals surface area contributed by atoms with Gasteiger partial charge in [-0.05, 0) is 112 Å². The Labute approximate surface area is 327 Å². The van der Waals surface area contributed by atoms with E-state index in [2.05, 4.69) is 185 Å². The van der Waals surface area contributed by atoms with Crippen molar-refractivity contribution in [2.24, 2.45) is 5.92 Å². The summed E-state index contributed by atoms with van der Waals surface area (Å²) in [5.74, 6) is 1.41. The Morgan fingerprint density at radius 2 is 1.27 bits per heavy atom. The van der Waals surface area contributed by atoms with Gasteiger partial charge < -0.3 is 4.90 Å². The van der Waals surface area contributed by atoms with Gasteiger partial charge in [0.05, 0.1) is 17.3 Å². The number of nitrogens with zero attached hydrogens (tertiary/aromatic N) is 4. The average Bonchev–Trinajstić information content (AvgIpc) is 3.79. The van der Waals surface area contributed by atoms with Crippen LogP contribution < -0.4 is 4.90 Å². The minimum Gasteiger partial charge on any atom is -0.334 e. The second kappa shape index (κ2) is 13.5. The van der Waals surface area contributed by atoms with E-state index in [4.69, 9.17) is 9.97 Å². The summed E-state index contributed by atoms with van der Waals surface area (Å²) in [5, 5.41) is 1.31. The maximum Gasteiger partial charge on any atom is 0.234 e. The zero-order valence-electron chi connectivity index (χ0n) is 31.0. The lowest BCUT2D eigenvalue weighted by atomic mass is 9.80. The third-order valence-electron chi connectivity index (χ3n) is 12.1. The second-order valence-corrected chi connectivity index (χ2v) is 15.3. The molecular weight excluding hydrogens is 681 g/mol. The van der Waals surface area contributed by atoms with Crippen LogP contribution in [0.1, 0.15) is 35.6 Å². The predicted octanol–water partition coefficient (Wildman–Crippen LogP) is 12.3. The van der Waals surface area contributed by atoms with Crippen LogP contribution in [0, 0.1) is 5.92 Å². The standard InChI is InChI=1S/C52H40N4/c1-3-13-35(14-4-1)36-15-11-16-37(29-36)38-17-12-18-39(30-38)42-33-53-52(54-34-42)56-49-24-10-8-22-45(49)47-32-41(26-28-51(47)56)40-25-27-50-46(31-40)44-21-7-9-23-48(44)55(50)43-19-5-2-6-20-43/h1-7,9-21,23-30,32-34,40,44,48H,8,22,31H2. The van der Waals surface area contributed by atoms with Crippen LogP contribution in [-0.4, -0.2) is 20.6 Å². The number of benzene rings is 5. The van der Waals surface area contributed by atoms with E-state index in [0.29, 0.717) is 23.8 Å². The first-order chi connectivity index (χ1) is 27.8.